The van der Waals surface area contributed by atoms with Crippen LogP contribution in [0.25, 0.3) is 0 Å². The third-order valence-electron chi connectivity index (χ3n) is 3.43. The lowest BCUT2D eigenvalue weighted by molar-refractivity contribution is -0.384. The lowest BCUT2D eigenvalue weighted by Gasteiger charge is -2.13. The van der Waals surface area contributed by atoms with Crippen molar-refractivity contribution in [1.29, 1.82) is 0 Å². The van der Waals surface area contributed by atoms with Crippen LogP contribution in [-0.2, 0) is 9.59 Å². The number of ether oxygens (including phenoxy) is 1. The first kappa shape index (κ1) is 16.1. The molecule has 0 unspecified atom stereocenters. The van der Waals surface area contributed by atoms with E-state index < -0.39 is 22.7 Å². The van der Waals surface area contributed by atoms with Crippen LogP contribution in [0, 0.1) is 10.1 Å². The second kappa shape index (κ2) is 6.36. The van der Waals surface area contributed by atoms with Crippen LogP contribution < -0.4 is 9.64 Å². The smallest absolute Gasteiger partial charge is 0.343 e. The molecule has 8 nitrogen and oxygen atoms in total. The number of carbonyl (C=O) groups excluding carboxylic acids is 3. The maximum atomic E-state index is 12.1. The summed E-state index contributed by atoms with van der Waals surface area (Å²) < 4.78 is 5.12. The topological polar surface area (TPSA) is 107 Å². The van der Waals surface area contributed by atoms with Crippen molar-refractivity contribution < 1.29 is 24.0 Å². The monoisotopic (exact) mass is 338 g/mol. The Morgan fingerprint density at radius 1 is 0.920 bits per heavy atom. The SMILES string of the molecule is O=C(Oc1ccc([N+](=O)[O-])cc1)c1ccc(N2C(=O)C=CC2=O)cc1. The fourth-order valence-electron chi connectivity index (χ4n) is 2.20. The lowest BCUT2D eigenvalue weighted by atomic mass is 10.2. The molecule has 0 saturated carbocycles. The Bertz CT molecular complexity index is 882. The minimum absolute atomic E-state index is 0.113. The van der Waals surface area contributed by atoms with Gasteiger partial charge in [0.15, 0.2) is 0 Å². The van der Waals surface area contributed by atoms with Crippen molar-refractivity contribution >= 4 is 29.2 Å². The Balaban J connectivity index is 1.71. The van der Waals surface area contributed by atoms with Gasteiger partial charge in [-0.2, -0.15) is 0 Å². The van der Waals surface area contributed by atoms with Gasteiger partial charge in [0.05, 0.1) is 16.2 Å². The van der Waals surface area contributed by atoms with Gasteiger partial charge in [-0.15, -0.1) is 0 Å². The summed E-state index contributed by atoms with van der Waals surface area (Å²) in [5.74, 6) is -1.41. The van der Waals surface area contributed by atoms with Gasteiger partial charge in [-0.05, 0) is 36.4 Å². The number of benzene rings is 2. The Hall–Kier alpha value is -3.81. The largest absolute Gasteiger partial charge is 0.423 e. The molecule has 0 bridgehead atoms. The first-order valence-corrected chi connectivity index (χ1v) is 7.08. The number of amides is 2. The minimum Gasteiger partial charge on any atom is -0.423 e. The molecule has 25 heavy (non-hydrogen) atoms. The molecule has 0 spiro atoms. The van der Waals surface area contributed by atoms with E-state index in [1.807, 2.05) is 0 Å². The summed E-state index contributed by atoms with van der Waals surface area (Å²) in [5.41, 5.74) is 0.429. The Labute approximate surface area is 141 Å². The normalized spacial score (nSPS) is 13.2. The first-order valence-electron chi connectivity index (χ1n) is 7.08. The molecule has 0 radical (unpaired) electrons. The molecule has 1 aliphatic heterocycles. The van der Waals surface area contributed by atoms with E-state index in [1.165, 1.54) is 60.7 Å². The highest BCUT2D eigenvalue weighted by Gasteiger charge is 2.25. The summed E-state index contributed by atoms with van der Waals surface area (Å²) in [5, 5.41) is 10.6. The van der Waals surface area contributed by atoms with E-state index in [4.69, 9.17) is 4.74 Å². The quantitative estimate of drug-likeness (QED) is 0.278. The van der Waals surface area contributed by atoms with Crippen molar-refractivity contribution in [3.8, 4) is 5.75 Å². The zero-order chi connectivity index (χ0) is 18.0. The second-order valence-corrected chi connectivity index (χ2v) is 5.03. The summed E-state index contributed by atoms with van der Waals surface area (Å²) in [6, 6.07) is 10.8. The number of rotatable bonds is 4. The van der Waals surface area contributed by atoms with Crippen LogP contribution in [-0.4, -0.2) is 22.7 Å². The van der Waals surface area contributed by atoms with Crippen LogP contribution in [0.15, 0.2) is 60.7 Å². The highest BCUT2D eigenvalue weighted by atomic mass is 16.6. The molecule has 2 aromatic rings. The van der Waals surface area contributed by atoms with Crippen molar-refractivity contribution in [3.05, 3.63) is 76.4 Å². The Morgan fingerprint density at radius 2 is 1.48 bits per heavy atom. The van der Waals surface area contributed by atoms with E-state index in [9.17, 15) is 24.5 Å². The molecule has 8 heteroatoms. The van der Waals surface area contributed by atoms with Crippen molar-refractivity contribution in [2.24, 2.45) is 0 Å². The van der Waals surface area contributed by atoms with Crippen molar-refractivity contribution in [2.45, 2.75) is 0 Å². The molecule has 0 atom stereocenters. The third-order valence-corrected chi connectivity index (χ3v) is 3.43. The average molecular weight is 338 g/mol. The summed E-state index contributed by atoms with van der Waals surface area (Å²) in [6.07, 6.45) is 2.33. The Kier molecular flexibility index (Phi) is 4.09. The van der Waals surface area contributed by atoms with Gasteiger partial charge in [0.1, 0.15) is 5.75 Å². The third kappa shape index (κ3) is 3.27. The highest BCUT2D eigenvalue weighted by Crippen LogP contribution is 2.21. The first-order chi connectivity index (χ1) is 12.0. The summed E-state index contributed by atoms with van der Waals surface area (Å²) >= 11 is 0. The number of non-ortho nitro benzene ring substituents is 1. The minimum atomic E-state index is -0.669. The van der Waals surface area contributed by atoms with E-state index in [0.29, 0.717) is 5.69 Å². The van der Waals surface area contributed by atoms with Crippen molar-refractivity contribution in [1.82, 2.24) is 0 Å². The van der Waals surface area contributed by atoms with Crippen LogP contribution in [0.5, 0.6) is 5.75 Å². The van der Waals surface area contributed by atoms with Crippen LogP contribution in [0.1, 0.15) is 10.4 Å². The number of nitro benzene ring substituents is 1. The Morgan fingerprint density at radius 3 is 2.00 bits per heavy atom. The maximum absolute atomic E-state index is 12.1. The molecular weight excluding hydrogens is 328 g/mol. The van der Waals surface area contributed by atoms with Crippen LogP contribution in [0.4, 0.5) is 11.4 Å². The van der Waals surface area contributed by atoms with E-state index in [-0.39, 0.29) is 17.0 Å². The molecule has 124 valence electrons. The number of esters is 1. The molecule has 0 N–H and O–H groups in total. The highest BCUT2D eigenvalue weighted by molar-refractivity contribution is 6.28. The number of nitro groups is 1. The van der Waals surface area contributed by atoms with Gasteiger partial charge in [0.25, 0.3) is 17.5 Å². The lowest BCUT2D eigenvalue weighted by Crippen LogP contribution is -2.29. The van der Waals surface area contributed by atoms with Crippen molar-refractivity contribution in [2.75, 3.05) is 4.90 Å². The molecule has 0 fully saturated rings. The van der Waals surface area contributed by atoms with Crippen LogP contribution in [0.3, 0.4) is 0 Å². The fraction of sp³-hybridized carbons (Fsp3) is 0. The van der Waals surface area contributed by atoms with Gasteiger partial charge < -0.3 is 4.74 Å². The predicted molar refractivity (Wildman–Crippen MR) is 86.1 cm³/mol. The number of carbonyl (C=O) groups is 3. The molecule has 0 aliphatic carbocycles. The molecule has 3 rings (SSSR count). The zero-order valence-corrected chi connectivity index (χ0v) is 12.6. The number of hydrogen-bond donors (Lipinski definition) is 0. The summed E-state index contributed by atoms with van der Waals surface area (Å²) in [7, 11) is 0. The van der Waals surface area contributed by atoms with E-state index in [0.717, 1.165) is 4.90 Å². The van der Waals surface area contributed by atoms with E-state index >= 15 is 0 Å². The predicted octanol–water partition coefficient (Wildman–Crippen LogP) is 2.24. The zero-order valence-electron chi connectivity index (χ0n) is 12.6. The molecule has 0 saturated heterocycles. The number of nitrogens with zero attached hydrogens (tertiary/aromatic N) is 2. The summed E-state index contributed by atoms with van der Waals surface area (Å²) in [4.78, 5) is 46.3. The molecule has 0 aromatic heterocycles. The van der Waals surface area contributed by atoms with Gasteiger partial charge in [0, 0.05) is 24.3 Å². The molecule has 1 aliphatic rings. The molecule has 2 amide bonds. The van der Waals surface area contributed by atoms with E-state index in [2.05, 4.69) is 0 Å². The van der Waals surface area contributed by atoms with E-state index in [1.54, 1.807) is 0 Å². The number of anilines is 1. The number of imide groups is 1. The van der Waals surface area contributed by atoms with Gasteiger partial charge in [-0.3, -0.25) is 19.7 Å². The van der Waals surface area contributed by atoms with Gasteiger partial charge in [0.2, 0.25) is 0 Å². The fourth-order valence-corrected chi connectivity index (χ4v) is 2.20. The second-order valence-electron chi connectivity index (χ2n) is 5.03. The molecule has 2 aromatic carbocycles. The van der Waals surface area contributed by atoms with Crippen molar-refractivity contribution in [3.63, 3.8) is 0 Å². The van der Waals surface area contributed by atoms with Gasteiger partial charge in [-0.1, -0.05) is 0 Å². The van der Waals surface area contributed by atoms with Gasteiger partial charge >= 0.3 is 5.97 Å². The molecule has 1 heterocycles. The number of hydrogen-bond acceptors (Lipinski definition) is 6. The summed E-state index contributed by atoms with van der Waals surface area (Å²) in [6.45, 7) is 0. The standard InChI is InChI=1S/C17H10N2O6/c20-15-9-10-16(21)18(15)12-3-1-11(2-4-12)17(22)25-14-7-5-13(6-8-14)19(23)24/h1-10H. The van der Waals surface area contributed by atoms with Crippen LogP contribution >= 0.6 is 0 Å². The van der Waals surface area contributed by atoms with Crippen LogP contribution in [0.2, 0.25) is 0 Å². The van der Waals surface area contributed by atoms with Gasteiger partial charge in [-0.25, -0.2) is 9.69 Å². The average Bonchev–Trinajstić information content (AvgIpc) is 2.94. The molecular formula is C17H10N2O6. The maximum Gasteiger partial charge on any atom is 0.343 e.